The van der Waals surface area contributed by atoms with Crippen LogP contribution in [-0.4, -0.2) is 29.8 Å². The molecule has 1 heterocycles. The van der Waals surface area contributed by atoms with Crippen molar-refractivity contribution in [3.63, 3.8) is 0 Å². The first-order valence-electron chi connectivity index (χ1n) is 7.74. The van der Waals surface area contributed by atoms with Crippen LogP contribution in [0.5, 0.6) is 0 Å². The number of nitrogens with one attached hydrogen (secondary N) is 1. The molecule has 4 heteroatoms. The third kappa shape index (κ3) is 3.43. The van der Waals surface area contributed by atoms with E-state index in [1.807, 2.05) is 30.3 Å². The molecule has 114 valence electrons. The SMILES string of the molecule is CCCCCCN1CC(=O)NC(C)(c2ccccc2)C1=O. The molecule has 0 saturated carbocycles. The van der Waals surface area contributed by atoms with Crippen LogP contribution in [0, 0.1) is 0 Å². The Hall–Kier alpha value is -1.84. The lowest BCUT2D eigenvalue weighted by atomic mass is 9.88. The summed E-state index contributed by atoms with van der Waals surface area (Å²) in [5, 5.41) is 2.86. The van der Waals surface area contributed by atoms with E-state index in [0.717, 1.165) is 24.8 Å². The van der Waals surface area contributed by atoms with Crippen LogP contribution in [-0.2, 0) is 15.1 Å². The third-order valence-electron chi connectivity index (χ3n) is 4.07. The van der Waals surface area contributed by atoms with E-state index in [4.69, 9.17) is 0 Å². The minimum absolute atomic E-state index is 0.00945. The van der Waals surface area contributed by atoms with Gasteiger partial charge in [-0.15, -0.1) is 0 Å². The van der Waals surface area contributed by atoms with E-state index in [2.05, 4.69) is 12.2 Å². The fourth-order valence-electron chi connectivity index (χ4n) is 2.81. The van der Waals surface area contributed by atoms with E-state index in [9.17, 15) is 9.59 Å². The topological polar surface area (TPSA) is 49.4 Å². The molecular weight excluding hydrogens is 264 g/mol. The molecule has 1 aromatic rings. The Morgan fingerprint density at radius 1 is 1.14 bits per heavy atom. The highest BCUT2D eigenvalue weighted by molar-refractivity contribution is 5.98. The Balaban J connectivity index is 2.12. The van der Waals surface area contributed by atoms with Gasteiger partial charge in [-0.25, -0.2) is 0 Å². The van der Waals surface area contributed by atoms with Crippen LogP contribution in [0.2, 0.25) is 0 Å². The molecule has 0 aromatic heterocycles. The molecule has 1 atom stereocenters. The summed E-state index contributed by atoms with van der Waals surface area (Å²) < 4.78 is 0. The fraction of sp³-hybridized carbons (Fsp3) is 0.529. The summed E-state index contributed by atoms with van der Waals surface area (Å²) in [5.74, 6) is -0.0961. The van der Waals surface area contributed by atoms with Crippen molar-refractivity contribution in [3.8, 4) is 0 Å². The molecule has 2 amide bonds. The number of hydrogen-bond donors (Lipinski definition) is 1. The predicted molar refractivity (Wildman–Crippen MR) is 82.7 cm³/mol. The van der Waals surface area contributed by atoms with Gasteiger partial charge in [0.15, 0.2) is 0 Å². The summed E-state index contributed by atoms with van der Waals surface area (Å²) in [5.41, 5.74) is -0.108. The Morgan fingerprint density at radius 3 is 2.52 bits per heavy atom. The average molecular weight is 288 g/mol. The molecule has 0 radical (unpaired) electrons. The van der Waals surface area contributed by atoms with Gasteiger partial charge < -0.3 is 10.2 Å². The van der Waals surface area contributed by atoms with Gasteiger partial charge in [0.2, 0.25) is 5.91 Å². The van der Waals surface area contributed by atoms with E-state index in [-0.39, 0.29) is 18.4 Å². The number of carbonyl (C=O) groups is 2. The van der Waals surface area contributed by atoms with Crippen molar-refractivity contribution >= 4 is 11.8 Å². The largest absolute Gasteiger partial charge is 0.337 e. The molecular formula is C17H24N2O2. The quantitative estimate of drug-likeness (QED) is 0.817. The minimum atomic E-state index is -0.943. The number of nitrogens with zero attached hydrogens (tertiary/aromatic N) is 1. The van der Waals surface area contributed by atoms with Crippen LogP contribution in [0.4, 0.5) is 0 Å². The molecule has 1 saturated heterocycles. The molecule has 1 aromatic carbocycles. The van der Waals surface area contributed by atoms with Crippen LogP contribution in [0.15, 0.2) is 30.3 Å². The molecule has 1 N–H and O–H groups in total. The van der Waals surface area contributed by atoms with Crippen molar-refractivity contribution in [1.82, 2.24) is 10.2 Å². The van der Waals surface area contributed by atoms with Crippen LogP contribution < -0.4 is 5.32 Å². The smallest absolute Gasteiger partial charge is 0.253 e. The van der Waals surface area contributed by atoms with E-state index in [1.165, 1.54) is 6.42 Å². The lowest BCUT2D eigenvalue weighted by molar-refractivity contribution is -0.149. The predicted octanol–water partition coefficient (Wildman–Crippen LogP) is 2.44. The van der Waals surface area contributed by atoms with Crippen LogP contribution in [0.3, 0.4) is 0 Å². The summed E-state index contributed by atoms with van der Waals surface area (Å²) >= 11 is 0. The van der Waals surface area contributed by atoms with Crippen molar-refractivity contribution in [2.75, 3.05) is 13.1 Å². The van der Waals surface area contributed by atoms with E-state index in [1.54, 1.807) is 11.8 Å². The van der Waals surface area contributed by atoms with Gasteiger partial charge in [-0.1, -0.05) is 56.5 Å². The van der Waals surface area contributed by atoms with Gasteiger partial charge in [-0.2, -0.15) is 0 Å². The van der Waals surface area contributed by atoms with Gasteiger partial charge in [-0.3, -0.25) is 9.59 Å². The molecule has 1 fully saturated rings. The monoisotopic (exact) mass is 288 g/mol. The number of hydrogen-bond acceptors (Lipinski definition) is 2. The maximum Gasteiger partial charge on any atom is 0.253 e. The fourth-order valence-corrected chi connectivity index (χ4v) is 2.81. The summed E-state index contributed by atoms with van der Waals surface area (Å²) in [6.07, 6.45) is 4.39. The first-order valence-corrected chi connectivity index (χ1v) is 7.74. The summed E-state index contributed by atoms with van der Waals surface area (Å²) in [7, 11) is 0. The highest BCUT2D eigenvalue weighted by atomic mass is 16.2. The Kier molecular flexibility index (Phi) is 4.99. The number of piperazine rings is 1. The van der Waals surface area contributed by atoms with Crippen molar-refractivity contribution in [2.45, 2.75) is 45.1 Å². The molecule has 0 spiro atoms. The number of amides is 2. The normalized spacial score (nSPS) is 22.3. The summed E-state index contributed by atoms with van der Waals surface area (Å²) in [4.78, 5) is 26.5. The first-order chi connectivity index (χ1) is 10.1. The zero-order chi connectivity index (χ0) is 15.3. The standard InChI is InChI=1S/C17H24N2O2/c1-3-4-5-9-12-19-13-15(20)18-17(2,16(19)21)14-10-7-6-8-11-14/h6-8,10-11H,3-5,9,12-13H2,1-2H3,(H,18,20). The molecule has 21 heavy (non-hydrogen) atoms. The number of unbranched alkanes of at least 4 members (excludes halogenated alkanes) is 3. The minimum Gasteiger partial charge on any atom is -0.337 e. The molecule has 1 unspecified atom stereocenters. The van der Waals surface area contributed by atoms with E-state index < -0.39 is 5.54 Å². The van der Waals surface area contributed by atoms with Crippen LogP contribution in [0.25, 0.3) is 0 Å². The lowest BCUT2D eigenvalue weighted by Crippen LogP contribution is -2.63. The highest BCUT2D eigenvalue weighted by Crippen LogP contribution is 2.26. The third-order valence-corrected chi connectivity index (χ3v) is 4.07. The zero-order valence-corrected chi connectivity index (χ0v) is 12.9. The van der Waals surface area contributed by atoms with Crippen molar-refractivity contribution in [3.05, 3.63) is 35.9 Å². The van der Waals surface area contributed by atoms with Crippen LogP contribution >= 0.6 is 0 Å². The van der Waals surface area contributed by atoms with Crippen molar-refractivity contribution < 1.29 is 9.59 Å². The summed E-state index contributed by atoms with van der Waals surface area (Å²) in [6, 6.07) is 9.46. The van der Waals surface area contributed by atoms with Gasteiger partial charge in [0.1, 0.15) is 5.54 Å². The maximum atomic E-state index is 12.8. The molecule has 1 aliphatic rings. The Labute approximate surface area is 126 Å². The number of rotatable bonds is 6. The second kappa shape index (κ2) is 6.74. The number of carbonyl (C=O) groups excluding carboxylic acids is 2. The van der Waals surface area contributed by atoms with Gasteiger partial charge >= 0.3 is 0 Å². The molecule has 4 nitrogen and oxygen atoms in total. The highest BCUT2D eigenvalue weighted by Gasteiger charge is 2.43. The maximum absolute atomic E-state index is 12.8. The second-order valence-electron chi connectivity index (χ2n) is 5.83. The molecule has 1 aliphatic heterocycles. The molecule has 2 rings (SSSR count). The van der Waals surface area contributed by atoms with Gasteiger partial charge in [0, 0.05) is 6.54 Å². The zero-order valence-electron chi connectivity index (χ0n) is 12.9. The average Bonchev–Trinajstić information content (AvgIpc) is 2.49. The van der Waals surface area contributed by atoms with E-state index in [0.29, 0.717) is 6.54 Å². The molecule has 0 bridgehead atoms. The van der Waals surface area contributed by atoms with Gasteiger partial charge in [0.05, 0.1) is 6.54 Å². The Morgan fingerprint density at radius 2 is 1.86 bits per heavy atom. The Bertz CT molecular complexity index is 501. The number of benzene rings is 1. The molecule has 0 aliphatic carbocycles. The lowest BCUT2D eigenvalue weighted by Gasteiger charge is -2.40. The van der Waals surface area contributed by atoms with Gasteiger partial charge in [0.25, 0.3) is 5.91 Å². The van der Waals surface area contributed by atoms with Crippen LogP contribution in [0.1, 0.15) is 45.1 Å². The van der Waals surface area contributed by atoms with Crippen molar-refractivity contribution in [2.24, 2.45) is 0 Å². The van der Waals surface area contributed by atoms with Crippen molar-refractivity contribution in [1.29, 1.82) is 0 Å². The summed E-state index contributed by atoms with van der Waals surface area (Å²) in [6.45, 7) is 4.79. The second-order valence-corrected chi connectivity index (χ2v) is 5.83. The first kappa shape index (κ1) is 15.5. The van der Waals surface area contributed by atoms with E-state index >= 15 is 0 Å². The van der Waals surface area contributed by atoms with Gasteiger partial charge in [-0.05, 0) is 18.9 Å².